The smallest absolute Gasteiger partial charge is 0.0554 e. The highest BCUT2D eigenvalue weighted by molar-refractivity contribution is 9.10. The first-order chi connectivity index (χ1) is 5.22. The van der Waals surface area contributed by atoms with E-state index in [-0.39, 0.29) is 0 Å². The Morgan fingerprint density at radius 3 is 2.18 bits per heavy atom. The Hall–Kier alpha value is -0.210. The second-order valence-corrected chi connectivity index (χ2v) is 2.98. The van der Waals surface area contributed by atoms with Crippen molar-refractivity contribution in [1.82, 2.24) is 0 Å². The van der Waals surface area contributed by atoms with Crippen LogP contribution >= 0.6 is 39.7 Å². The maximum absolute atomic E-state index is 5.77. The van der Waals surface area contributed by atoms with Crippen molar-refractivity contribution in [3.63, 3.8) is 0 Å². The number of isothiocyanates is 1. The van der Waals surface area contributed by atoms with Gasteiger partial charge < -0.3 is 0 Å². The van der Waals surface area contributed by atoms with Gasteiger partial charge in [0.25, 0.3) is 0 Å². The Morgan fingerprint density at radius 2 is 1.91 bits per heavy atom. The highest BCUT2D eigenvalue weighted by atomic mass is 79.9. The Labute approximate surface area is 84.0 Å². The number of halogens is 2. The summed E-state index contributed by atoms with van der Waals surface area (Å²) in [6.07, 6.45) is 0. The summed E-state index contributed by atoms with van der Waals surface area (Å²) in [5.41, 5.74) is 0. The molecule has 0 saturated heterocycles. The molecule has 0 heterocycles. The molecule has 1 rings (SSSR count). The summed E-state index contributed by atoms with van der Waals surface area (Å²) < 4.78 is 0.946. The fourth-order valence-electron chi connectivity index (χ4n) is 0.439. The molecule has 4 heteroatoms. The third-order valence-electron chi connectivity index (χ3n) is 0.824. The van der Waals surface area contributed by atoms with Crippen LogP contribution in [0.25, 0.3) is 0 Å². The molecular weight excluding hydrogens is 246 g/mol. The van der Waals surface area contributed by atoms with E-state index in [2.05, 4.69) is 28.1 Å². The molecule has 0 fully saturated rings. The van der Waals surface area contributed by atoms with Gasteiger partial charge in [0.05, 0.1) is 10.2 Å². The van der Waals surface area contributed by atoms with Gasteiger partial charge >= 0.3 is 0 Å². The van der Waals surface area contributed by atoms with E-state index in [1.165, 1.54) is 0 Å². The summed E-state index contributed by atoms with van der Waals surface area (Å²) >= 11 is 12.7. The van der Waals surface area contributed by atoms with Crippen LogP contribution in [-0.4, -0.2) is 5.16 Å². The van der Waals surface area contributed by atoms with E-state index >= 15 is 0 Å². The van der Waals surface area contributed by atoms with Gasteiger partial charge in [-0.3, -0.25) is 0 Å². The van der Waals surface area contributed by atoms with E-state index in [0.717, 1.165) is 9.50 Å². The first kappa shape index (κ1) is 10.8. The zero-order valence-electron chi connectivity index (χ0n) is 5.47. The molecule has 58 valence electrons. The molecule has 0 bridgehead atoms. The van der Waals surface area contributed by atoms with Gasteiger partial charge in [-0.05, 0) is 40.3 Å². The monoisotopic (exact) mass is 249 g/mol. The van der Waals surface area contributed by atoms with Gasteiger partial charge in [-0.15, -0.1) is 0 Å². The average Bonchev–Trinajstić information content (AvgIpc) is 1.97. The van der Waals surface area contributed by atoms with E-state index in [0.29, 0.717) is 0 Å². The van der Waals surface area contributed by atoms with Gasteiger partial charge in [-0.25, -0.2) is 5.41 Å². The van der Waals surface area contributed by atoms with Crippen molar-refractivity contribution >= 4 is 44.9 Å². The lowest BCUT2D eigenvalue weighted by molar-refractivity contribution is 1.61. The second-order valence-electron chi connectivity index (χ2n) is 1.52. The maximum Gasteiger partial charge on any atom is 0.0554 e. The standard InChI is InChI=1S/C6H4BrCl.CHNS/c7-5-3-1-2-4-6(5)8;2-1-3/h1-4H;2H. The molecule has 1 nitrogen and oxygen atoms in total. The van der Waals surface area contributed by atoms with Crippen LogP contribution in [0.5, 0.6) is 0 Å². The van der Waals surface area contributed by atoms with Crippen LogP contribution in [0.2, 0.25) is 5.02 Å². The predicted molar refractivity (Wildman–Crippen MR) is 54.5 cm³/mol. The topological polar surface area (TPSA) is 23.9 Å². The number of rotatable bonds is 0. The second kappa shape index (κ2) is 6.50. The van der Waals surface area contributed by atoms with Crippen LogP contribution in [0.4, 0.5) is 0 Å². The minimum absolute atomic E-state index is 0.757. The van der Waals surface area contributed by atoms with Gasteiger partial charge in [0.1, 0.15) is 0 Å². The first-order valence-electron chi connectivity index (χ1n) is 2.66. The number of hydrogen-bond acceptors (Lipinski definition) is 2. The Kier molecular flexibility index (Phi) is 6.37. The minimum atomic E-state index is 0.757. The van der Waals surface area contributed by atoms with Gasteiger partial charge in [0.15, 0.2) is 0 Å². The molecule has 1 aromatic rings. The van der Waals surface area contributed by atoms with Crippen LogP contribution in [0.15, 0.2) is 28.7 Å². The Balaban J connectivity index is 0.000000292. The fourth-order valence-corrected chi connectivity index (χ4v) is 0.860. The third-order valence-corrected chi connectivity index (χ3v) is 2.07. The highest BCUT2D eigenvalue weighted by Gasteiger charge is 1.88. The SMILES string of the molecule is Clc1ccccc1Br.N=C=S. The molecule has 0 aliphatic heterocycles. The van der Waals surface area contributed by atoms with Crippen LogP contribution in [-0.2, 0) is 0 Å². The van der Waals surface area contributed by atoms with Crippen LogP contribution < -0.4 is 0 Å². The number of nitrogens with one attached hydrogen (secondary N) is 1. The van der Waals surface area contributed by atoms with Crippen molar-refractivity contribution in [2.24, 2.45) is 0 Å². The summed E-state index contributed by atoms with van der Waals surface area (Å²) in [6.45, 7) is 0. The summed E-state index contributed by atoms with van der Waals surface area (Å²) in [5, 5.41) is 8.11. The predicted octanol–water partition coefficient (Wildman–Crippen LogP) is 3.77. The third kappa shape index (κ3) is 5.10. The number of hydrogen-bond donors (Lipinski definition) is 1. The van der Waals surface area contributed by atoms with Gasteiger partial charge in [0, 0.05) is 4.47 Å². The molecule has 0 radical (unpaired) electrons. The molecule has 0 saturated carbocycles. The number of benzene rings is 1. The lowest BCUT2D eigenvalue weighted by Crippen LogP contribution is -1.62. The largest absolute Gasteiger partial charge is 0.248 e. The lowest BCUT2D eigenvalue weighted by Gasteiger charge is -1.88. The maximum atomic E-state index is 5.77. The average molecular weight is 251 g/mol. The molecule has 0 spiro atoms. The Bertz CT molecular complexity index is 237. The molecule has 1 aromatic carbocycles. The minimum Gasteiger partial charge on any atom is -0.248 e. The molecule has 11 heavy (non-hydrogen) atoms. The molecule has 0 aliphatic rings. The molecule has 0 aromatic heterocycles. The van der Waals surface area contributed by atoms with Crippen molar-refractivity contribution in [2.75, 3.05) is 0 Å². The van der Waals surface area contributed by atoms with Crippen molar-refractivity contribution in [3.8, 4) is 0 Å². The van der Waals surface area contributed by atoms with E-state index < -0.39 is 0 Å². The quantitative estimate of drug-likeness (QED) is 0.550. The van der Waals surface area contributed by atoms with E-state index in [1.54, 1.807) is 5.16 Å². The summed E-state index contributed by atoms with van der Waals surface area (Å²) in [4.78, 5) is 0. The van der Waals surface area contributed by atoms with Crippen LogP contribution in [0, 0.1) is 5.41 Å². The van der Waals surface area contributed by atoms with E-state index in [1.807, 2.05) is 24.3 Å². The zero-order valence-corrected chi connectivity index (χ0v) is 8.63. The fraction of sp³-hybridized carbons (Fsp3) is 0. The summed E-state index contributed by atoms with van der Waals surface area (Å²) in [7, 11) is 0. The molecular formula is C7H5BrClNS. The normalized spacial score (nSPS) is 7.45. The van der Waals surface area contributed by atoms with Gasteiger partial charge in [0.2, 0.25) is 0 Å². The molecule has 0 atom stereocenters. The lowest BCUT2D eigenvalue weighted by atomic mass is 10.4. The summed E-state index contributed by atoms with van der Waals surface area (Å²) in [5.74, 6) is 0. The van der Waals surface area contributed by atoms with Crippen LogP contribution in [0.3, 0.4) is 0 Å². The van der Waals surface area contributed by atoms with Crippen molar-refractivity contribution in [3.05, 3.63) is 33.8 Å². The molecule has 0 unspecified atom stereocenters. The Morgan fingerprint density at radius 1 is 1.45 bits per heavy atom. The van der Waals surface area contributed by atoms with E-state index in [4.69, 9.17) is 17.0 Å². The van der Waals surface area contributed by atoms with Crippen LogP contribution in [0.1, 0.15) is 0 Å². The van der Waals surface area contributed by atoms with Crippen molar-refractivity contribution in [2.45, 2.75) is 0 Å². The van der Waals surface area contributed by atoms with Gasteiger partial charge in [-0.1, -0.05) is 23.7 Å². The van der Waals surface area contributed by atoms with Crippen molar-refractivity contribution in [1.29, 1.82) is 5.41 Å². The zero-order chi connectivity index (χ0) is 8.69. The first-order valence-corrected chi connectivity index (χ1v) is 4.24. The van der Waals surface area contributed by atoms with E-state index in [9.17, 15) is 0 Å². The number of thiocarbonyl (C=S) groups is 1. The molecule has 0 aliphatic carbocycles. The summed E-state index contributed by atoms with van der Waals surface area (Å²) in [6, 6.07) is 7.57. The van der Waals surface area contributed by atoms with Gasteiger partial charge in [-0.2, -0.15) is 0 Å². The van der Waals surface area contributed by atoms with Crippen molar-refractivity contribution < 1.29 is 0 Å². The molecule has 1 N–H and O–H groups in total. The molecule has 0 amide bonds. The highest BCUT2D eigenvalue weighted by Crippen LogP contribution is 2.20.